The van der Waals surface area contributed by atoms with Crippen LogP contribution in [0.25, 0.3) is 0 Å². The van der Waals surface area contributed by atoms with Crippen molar-refractivity contribution in [3.8, 4) is 0 Å². The van der Waals surface area contributed by atoms with Crippen LogP contribution in [-0.2, 0) is 19.1 Å². The molecule has 0 unspecified atom stereocenters. The first-order valence-electron chi connectivity index (χ1n) is 9.21. The fourth-order valence-electron chi connectivity index (χ4n) is 3.46. The number of thiocarbonyl (C=S) groups is 1. The summed E-state index contributed by atoms with van der Waals surface area (Å²) in [6.45, 7) is -2.86. The van der Waals surface area contributed by atoms with Crippen molar-refractivity contribution in [3.63, 3.8) is 0 Å². The summed E-state index contributed by atoms with van der Waals surface area (Å²) >= 11 is 5.50. The third-order valence-electron chi connectivity index (χ3n) is 4.73. The molecule has 0 fully saturated rings. The molecule has 3 rings (SSSR count). The summed E-state index contributed by atoms with van der Waals surface area (Å²) in [5, 5.41) is 2.80. The lowest BCUT2D eigenvalue weighted by Crippen LogP contribution is -2.40. The Bertz CT molecular complexity index is 1010. The summed E-state index contributed by atoms with van der Waals surface area (Å²) < 4.78 is 10.1. The van der Waals surface area contributed by atoms with E-state index in [1.54, 1.807) is 0 Å². The normalized spacial score (nSPS) is 10.7. The third kappa shape index (κ3) is 3.87. The van der Waals surface area contributed by atoms with Crippen LogP contribution < -0.4 is 15.9 Å². The fraction of sp³-hybridized carbons (Fsp3) is 0.0833. The lowest BCUT2D eigenvalue weighted by Gasteiger charge is -2.31. The highest BCUT2D eigenvalue weighted by molar-refractivity contribution is 8.00. The fourth-order valence-corrected chi connectivity index (χ4v) is 8.32. The Labute approximate surface area is 181 Å². The molecular formula is C24H21O4PS. The highest BCUT2D eigenvalue weighted by Crippen LogP contribution is 2.46. The molecule has 152 valence electrons. The van der Waals surface area contributed by atoms with Crippen molar-refractivity contribution in [2.45, 2.75) is 0 Å². The lowest BCUT2D eigenvalue weighted by atomic mass is 10.3. The molecule has 0 saturated heterocycles. The number of carbonyl (C=O) groups is 2. The number of hydrogen-bond acceptors (Lipinski definition) is 5. The van der Waals surface area contributed by atoms with Gasteiger partial charge in [0.2, 0.25) is 0 Å². The molecule has 0 aliphatic rings. The van der Waals surface area contributed by atoms with Crippen LogP contribution in [0.4, 0.5) is 0 Å². The van der Waals surface area contributed by atoms with Gasteiger partial charge in [0.25, 0.3) is 0 Å². The molecule has 30 heavy (non-hydrogen) atoms. The highest BCUT2D eigenvalue weighted by atomic mass is 32.1. The highest BCUT2D eigenvalue weighted by Gasteiger charge is 2.37. The molecule has 0 saturated carbocycles. The van der Waals surface area contributed by atoms with Gasteiger partial charge in [-0.2, -0.15) is 0 Å². The second-order valence-electron chi connectivity index (χ2n) is 6.34. The van der Waals surface area contributed by atoms with Crippen molar-refractivity contribution >= 4 is 57.1 Å². The average Bonchev–Trinajstić information content (AvgIpc) is 2.82. The largest absolute Gasteiger partial charge is 0.465 e. The van der Waals surface area contributed by atoms with Gasteiger partial charge in [-0.25, -0.2) is 9.59 Å². The van der Waals surface area contributed by atoms with Crippen LogP contribution in [0.5, 0.6) is 0 Å². The smallest absolute Gasteiger partial charge is 0.349 e. The molecule has 0 atom stereocenters. The predicted molar refractivity (Wildman–Crippen MR) is 127 cm³/mol. The summed E-state index contributed by atoms with van der Waals surface area (Å²) in [5.41, 5.74) is 0. The Kier molecular flexibility index (Phi) is 6.99. The standard InChI is InChI=1S/C24H21O4PS/c1-27-23(25)21(22(30)24(26)28-2)29(18-12-6-3-7-13-18,19-14-8-4-9-15-19)20-16-10-5-11-17-20/h3-17H,1-2H3. The maximum Gasteiger partial charge on any atom is 0.349 e. The number of ether oxygens (including phenoxy) is 2. The van der Waals surface area contributed by atoms with Gasteiger partial charge in [0.1, 0.15) is 4.86 Å². The van der Waals surface area contributed by atoms with Gasteiger partial charge in [-0.1, -0.05) is 103 Å². The SMILES string of the molecule is COC(=O)C(=S)C(C(=O)OC)=P(c1ccccc1)(c1ccccc1)c1ccccc1. The van der Waals surface area contributed by atoms with Gasteiger partial charge in [-0.15, -0.1) is 0 Å². The van der Waals surface area contributed by atoms with E-state index in [9.17, 15) is 9.59 Å². The molecule has 0 N–H and O–H groups in total. The monoisotopic (exact) mass is 436 g/mol. The molecule has 4 nitrogen and oxygen atoms in total. The molecule has 0 aromatic heterocycles. The minimum absolute atomic E-state index is 0.149. The van der Waals surface area contributed by atoms with Crippen molar-refractivity contribution in [2.75, 3.05) is 14.2 Å². The van der Waals surface area contributed by atoms with Gasteiger partial charge in [-0.05, 0) is 22.8 Å². The Morgan fingerprint density at radius 2 is 0.967 bits per heavy atom. The zero-order valence-electron chi connectivity index (χ0n) is 16.6. The van der Waals surface area contributed by atoms with Gasteiger partial charge in [0.05, 0.1) is 19.5 Å². The van der Waals surface area contributed by atoms with E-state index in [0.29, 0.717) is 0 Å². The van der Waals surface area contributed by atoms with E-state index in [1.165, 1.54) is 14.2 Å². The van der Waals surface area contributed by atoms with Crippen LogP contribution in [0.2, 0.25) is 0 Å². The van der Waals surface area contributed by atoms with E-state index < -0.39 is 18.8 Å². The minimum atomic E-state index is -2.86. The maximum atomic E-state index is 13.2. The third-order valence-corrected chi connectivity index (χ3v) is 9.55. The molecule has 0 bridgehead atoms. The number of hydrogen-bond donors (Lipinski definition) is 0. The van der Waals surface area contributed by atoms with Crippen LogP contribution in [0.3, 0.4) is 0 Å². The Morgan fingerprint density at radius 1 is 0.633 bits per heavy atom. The van der Waals surface area contributed by atoms with Gasteiger partial charge < -0.3 is 9.47 Å². The first-order valence-corrected chi connectivity index (χ1v) is 11.4. The summed E-state index contributed by atoms with van der Waals surface area (Å²) in [6.07, 6.45) is 0. The van der Waals surface area contributed by atoms with Crippen LogP contribution >= 0.6 is 19.1 Å². The number of carbonyl (C=O) groups excluding carboxylic acids is 2. The van der Waals surface area contributed by atoms with Crippen LogP contribution in [0, 0.1) is 0 Å². The second-order valence-corrected chi connectivity index (χ2v) is 10.1. The van der Waals surface area contributed by atoms with Crippen LogP contribution in [0.15, 0.2) is 91.0 Å². The van der Waals surface area contributed by atoms with E-state index in [1.807, 2.05) is 91.0 Å². The van der Waals surface area contributed by atoms with Gasteiger partial charge in [-0.3, -0.25) is 0 Å². The molecular weight excluding hydrogens is 415 g/mol. The summed E-state index contributed by atoms with van der Waals surface area (Å²) in [6, 6.07) is 28.9. The molecule has 0 amide bonds. The Hall–Kier alpha value is -3.01. The molecule has 0 aliphatic heterocycles. The van der Waals surface area contributed by atoms with Crippen molar-refractivity contribution in [1.82, 2.24) is 0 Å². The van der Waals surface area contributed by atoms with E-state index >= 15 is 0 Å². The van der Waals surface area contributed by atoms with Gasteiger partial charge in [0.15, 0.2) is 0 Å². The van der Waals surface area contributed by atoms with Gasteiger partial charge >= 0.3 is 11.9 Å². The molecule has 0 aliphatic carbocycles. The van der Waals surface area contributed by atoms with Crippen molar-refractivity contribution in [2.24, 2.45) is 0 Å². The first kappa shape index (κ1) is 21.7. The first-order chi connectivity index (χ1) is 14.6. The molecule has 0 spiro atoms. The maximum absolute atomic E-state index is 13.2. The Balaban J connectivity index is 2.65. The van der Waals surface area contributed by atoms with Crippen molar-refractivity contribution in [1.29, 1.82) is 0 Å². The van der Waals surface area contributed by atoms with E-state index in [0.717, 1.165) is 15.9 Å². The zero-order valence-corrected chi connectivity index (χ0v) is 18.4. The Morgan fingerprint density at radius 3 is 1.27 bits per heavy atom. The quantitative estimate of drug-likeness (QED) is 0.338. The summed E-state index contributed by atoms with van der Waals surface area (Å²) in [5.74, 6) is -1.38. The van der Waals surface area contributed by atoms with E-state index in [2.05, 4.69) is 0 Å². The second kappa shape index (κ2) is 9.66. The van der Waals surface area contributed by atoms with Gasteiger partial charge in [0, 0.05) is 0 Å². The van der Waals surface area contributed by atoms with Crippen LogP contribution in [-0.4, -0.2) is 36.3 Å². The number of rotatable bonds is 6. The summed E-state index contributed by atoms with van der Waals surface area (Å²) in [7, 11) is 2.54. The van der Waals surface area contributed by atoms with Crippen LogP contribution in [0.1, 0.15) is 0 Å². The average molecular weight is 436 g/mol. The molecule has 0 radical (unpaired) electrons. The number of esters is 2. The predicted octanol–water partition coefficient (Wildman–Crippen LogP) is 2.87. The molecule has 6 heteroatoms. The lowest BCUT2D eigenvalue weighted by molar-refractivity contribution is -0.134. The van der Waals surface area contributed by atoms with E-state index in [-0.39, 0.29) is 10.2 Å². The minimum Gasteiger partial charge on any atom is -0.465 e. The molecule has 3 aromatic rings. The van der Waals surface area contributed by atoms with Crippen molar-refractivity contribution < 1.29 is 19.1 Å². The van der Waals surface area contributed by atoms with Crippen molar-refractivity contribution in [3.05, 3.63) is 91.0 Å². The molecule has 3 aromatic carbocycles. The number of benzene rings is 3. The zero-order chi connectivity index (χ0) is 21.6. The topological polar surface area (TPSA) is 52.6 Å². The van der Waals surface area contributed by atoms with E-state index in [4.69, 9.17) is 21.7 Å². The summed E-state index contributed by atoms with van der Waals surface area (Å²) in [4.78, 5) is 25.6. The molecule has 0 heterocycles. The number of methoxy groups -OCH3 is 2.